The lowest BCUT2D eigenvalue weighted by Gasteiger charge is -2.15. The summed E-state index contributed by atoms with van der Waals surface area (Å²) in [7, 11) is 1.59. The Morgan fingerprint density at radius 2 is 2.19 bits per heavy atom. The normalized spacial score (nSPS) is 18.4. The number of methoxy groups -OCH3 is 1. The van der Waals surface area contributed by atoms with E-state index in [1.807, 2.05) is 29.2 Å². The summed E-state index contributed by atoms with van der Waals surface area (Å²) in [4.78, 5) is 24.7. The third-order valence-electron chi connectivity index (χ3n) is 3.66. The van der Waals surface area contributed by atoms with Crippen molar-refractivity contribution in [3.8, 4) is 5.75 Å². The highest BCUT2D eigenvalue weighted by Gasteiger charge is 2.28. The Hall–Kier alpha value is -2.08. The lowest BCUT2D eigenvalue weighted by atomic mass is 10.1. The second-order valence-corrected chi connectivity index (χ2v) is 5.15. The van der Waals surface area contributed by atoms with E-state index in [1.165, 1.54) is 0 Å². The van der Waals surface area contributed by atoms with Gasteiger partial charge in [0.05, 0.1) is 19.6 Å². The Labute approximate surface area is 123 Å². The van der Waals surface area contributed by atoms with Crippen LogP contribution in [-0.2, 0) is 16.1 Å². The van der Waals surface area contributed by atoms with Crippen molar-refractivity contribution in [2.45, 2.75) is 13.0 Å². The Kier molecular flexibility index (Phi) is 5.16. The van der Waals surface area contributed by atoms with Crippen molar-refractivity contribution in [3.63, 3.8) is 0 Å². The van der Waals surface area contributed by atoms with Crippen LogP contribution in [0.15, 0.2) is 24.3 Å². The van der Waals surface area contributed by atoms with Crippen LogP contribution in [0.2, 0.25) is 0 Å². The molecule has 1 heterocycles. The van der Waals surface area contributed by atoms with Crippen molar-refractivity contribution in [2.24, 2.45) is 5.92 Å². The lowest BCUT2D eigenvalue weighted by molar-refractivity contribution is -0.141. The van der Waals surface area contributed by atoms with E-state index in [-0.39, 0.29) is 18.4 Å². The first-order valence-electron chi connectivity index (χ1n) is 6.94. The second kappa shape index (κ2) is 7.08. The van der Waals surface area contributed by atoms with Gasteiger partial charge < -0.3 is 15.2 Å². The molecule has 6 nitrogen and oxygen atoms in total. The van der Waals surface area contributed by atoms with Gasteiger partial charge in [-0.15, -0.1) is 0 Å². The van der Waals surface area contributed by atoms with Gasteiger partial charge in [0.25, 0.3) is 0 Å². The molecule has 0 saturated carbocycles. The number of carboxylic acid groups (broad SMARTS) is 1. The van der Waals surface area contributed by atoms with Gasteiger partial charge in [0, 0.05) is 18.7 Å². The molecular formula is C15H20N2O4. The van der Waals surface area contributed by atoms with Crippen LogP contribution in [0, 0.1) is 5.92 Å². The molecule has 2 rings (SSSR count). The van der Waals surface area contributed by atoms with Crippen molar-refractivity contribution in [3.05, 3.63) is 29.8 Å². The molecule has 0 aromatic heterocycles. The Bertz CT molecular complexity index is 518. The number of nitrogens with zero attached hydrogens (tertiary/aromatic N) is 1. The highest BCUT2D eigenvalue weighted by Crippen LogP contribution is 2.17. The molecule has 1 saturated heterocycles. The summed E-state index contributed by atoms with van der Waals surface area (Å²) in [6, 6.07) is 7.51. The van der Waals surface area contributed by atoms with Crippen molar-refractivity contribution in [1.29, 1.82) is 0 Å². The van der Waals surface area contributed by atoms with Gasteiger partial charge in [0.1, 0.15) is 5.75 Å². The van der Waals surface area contributed by atoms with Gasteiger partial charge in [-0.25, -0.2) is 0 Å². The minimum absolute atomic E-state index is 0.105. The Balaban J connectivity index is 1.79. The molecule has 1 fully saturated rings. The molecule has 0 aliphatic carbocycles. The summed E-state index contributed by atoms with van der Waals surface area (Å²) < 4.78 is 5.22. The van der Waals surface area contributed by atoms with E-state index >= 15 is 0 Å². The maximum absolute atomic E-state index is 11.9. The van der Waals surface area contributed by atoms with Gasteiger partial charge in [0.15, 0.2) is 0 Å². The van der Waals surface area contributed by atoms with Gasteiger partial charge in [-0.3, -0.25) is 14.5 Å². The van der Waals surface area contributed by atoms with Crippen LogP contribution >= 0.6 is 0 Å². The first kappa shape index (κ1) is 15.3. The fourth-order valence-electron chi connectivity index (χ4n) is 2.48. The van der Waals surface area contributed by atoms with Crippen LogP contribution in [0.5, 0.6) is 5.75 Å². The minimum atomic E-state index is -0.785. The van der Waals surface area contributed by atoms with E-state index in [9.17, 15) is 9.59 Å². The fourth-order valence-corrected chi connectivity index (χ4v) is 2.48. The van der Waals surface area contributed by atoms with E-state index in [2.05, 4.69) is 5.32 Å². The summed E-state index contributed by atoms with van der Waals surface area (Å²) in [6.45, 7) is 1.73. The van der Waals surface area contributed by atoms with Crippen LogP contribution in [0.4, 0.5) is 0 Å². The maximum atomic E-state index is 11.9. The van der Waals surface area contributed by atoms with Gasteiger partial charge in [0.2, 0.25) is 5.91 Å². The van der Waals surface area contributed by atoms with E-state index in [4.69, 9.17) is 9.84 Å². The number of benzene rings is 1. The number of carboxylic acids is 1. The quantitative estimate of drug-likeness (QED) is 0.807. The Morgan fingerprint density at radius 1 is 1.43 bits per heavy atom. The first-order valence-corrected chi connectivity index (χ1v) is 6.94. The third-order valence-corrected chi connectivity index (χ3v) is 3.66. The molecule has 1 aromatic rings. The monoisotopic (exact) mass is 292 g/mol. The van der Waals surface area contributed by atoms with E-state index in [0.29, 0.717) is 26.1 Å². The number of amides is 1. The molecule has 1 aliphatic rings. The smallest absolute Gasteiger partial charge is 0.307 e. The molecular weight excluding hydrogens is 272 g/mol. The molecule has 1 aliphatic heterocycles. The lowest BCUT2D eigenvalue weighted by Crippen LogP contribution is -2.36. The topological polar surface area (TPSA) is 78.9 Å². The van der Waals surface area contributed by atoms with Gasteiger partial charge in [-0.2, -0.15) is 0 Å². The van der Waals surface area contributed by atoms with Crippen LogP contribution in [-0.4, -0.2) is 48.6 Å². The number of nitrogens with one attached hydrogen (secondary N) is 1. The van der Waals surface area contributed by atoms with Crippen molar-refractivity contribution in [1.82, 2.24) is 10.2 Å². The van der Waals surface area contributed by atoms with Crippen molar-refractivity contribution in [2.75, 3.05) is 26.7 Å². The van der Waals surface area contributed by atoms with E-state index in [1.54, 1.807) is 7.11 Å². The summed E-state index contributed by atoms with van der Waals surface area (Å²) in [6.07, 6.45) is 0.606. The number of carbonyl (C=O) groups excluding carboxylic acids is 1. The largest absolute Gasteiger partial charge is 0.496 e. The molecule has 1 aromatic carbocycles. The molecule has 2 N–H and O–H groups in total. The van der Waals surface area contributed by atoms with Crippen LogP contribution in [0.3, 0.4) is 0 Å². The molecule has 1 amide bonds. The average molecular weight is 292 g/mol. The van der Waals surface area contributed by atoms with E-state index < -0.39 is 5.97 Å². The number of ether oxygens (including phenoxy) is 1. The summed E-state index contributed by atoms with van der Waals surface area (Å²) in [5.41, 5.74) is 0.915. The summed E-state index contributed by atoms with van der Waals surface area (Å²) in [5, 5.41) is 11.8. The molecule has 0 radical (unpaired) electrons. The molecule has 1 atom stereocenters. The predicted octanol–water partition coefficient (Wildman–Crippen LogP) is 0.718. The van der Waals surface area contributed by atoms with Gasteiger partial charge in [-0.05, 0) is 19.0 Å². The zero-order chi connectivity index (χ0) is 15.2. The molecule has 1 unspecified atom stereocenters. The molecule has 21 heavy (non-hydrogen) atoms. The van der Waals surface area contributed by atoms with Crippen LogP contribution in [0.1, 0.15) is 12.0 Å². The molecule has 114 valence electrons. The van der Waals surface area contributed by atoms with Gasteiger partial charge >= 0.3 is 5.97 Å². The summed E-state index contributed by atoms with van der Waals surface area (Å²) >= 11 is 0. The average Bonchev–Trinajstić information content (AvgIpc) is 2.94. The number of para-hydroxylation sites is 1. The number of carbonyl (C=O) groups is 2. The standard InChI is InChI=1S/C15H20N2O4/c1-21-13-5-3-2-4-11(13)8-16-14(18)10-17-7-6-12(9-17)15(19)20/h2-5,12H,6-10H2,1H3,(H,16,18)(H,19,20). The summed E-state index contributed by atoms with van der Waals surface area (Å²) in [5.74, 6) is -0.504. The third kappa shape index (κ3) is 4.19. The number of hydrogen-bond acceptors (Lipinski definition) is 4. The van der Waals surface area contributed by atoms with Crippen molar-refractivity contribution < 1.29 is 19.4 Å². The molecule has 6 heteroatoms. The SMILES string of the molecule is COc1ccccc1CNC(=O)CN1CCC(C(=O)O)C1. The highest BCUT2D eigenvalue weighted by molar-refractivity contribution is 5.78. The number of aliphatic carboxylic acids is 1. The van der Waals surface area contributed by atoms with Gasteiger partial charge in [-0.1, -0.05) is 18.2 Å². The highest BCUT2D eigenvalue weighted by atomic mass is 16.5. The van der Waals surface area contributed by atoms with Crippen molar-refractivity contribution >= 4 is 11.9 Å². The number of rotatable bonds is 6. The second-order valence-electron chi connectivity index (χ2n) is 5.15. The van der Waals surface area contributed by atoms with E-state index in [0.717, 1.165) is 11.3 Å². The maximum Gasteiger partial charge on any atom is 0.307 e. The number of likely N-dealkylation sites (tertiary alicyclic amines) is 1. The minimum Gasteiger partial charge on any atom is -0.496 e. The predicted molar refractivity (Wildman–Crippen MR) is 77.0 cm³/mol. The zero-order valence-electron chi connectivity index (χ0n) is 12.0. The first-order chi connectivity index (χ1) is 10.1. The Morgan fingerprint density at radius 3 is 2.86 bits per heavy atom. The fraction of sp³-hybridized carbons (Fsp3) is 0.467. The van der Waals surface area contributed by atoms with Crippen LogP contribution < -0.4 is 10.1 Å². The molecule has 0 spiro atoms. The molecule has 0 bridgehead atoms. The van der Waals surface area contributed by atoms with Crippen LogP contribution in [0.25, 0.3) is 0 Å². The zero-order valence-corrected chi connectivity index (χ0v) is 12.0. The number of hydrogen-bond donors (Lipinski definition) is 2.